The van der Waals surface area contributed by atoms with Gasteiger partial charge in [-0.05, 0) is 32.6 Å². The summed E-state index contributed by atoms with van der Waals surface area (Å²) in [4.78, 5) is 14.1. The van der Waals surface area contributed by atoms with Gasteiger partial charge in [0.1, 0.15) is 0 Å². The number of carbonyl (C=O) groups excluding carboxylic acids is 1. The first-order valence-corrected chi connectivity index (χ1v) is 5.89. The molecule has 4 nitrogen and oxygen atoms in total. The van der Waals surface area contributed by atoms with Gasteiger partial charge in [-0.25, -0.2) is 0 Å². The first-order chi connectivity index (χ1) is 7.22. The molecule has 0 aromatic carbocycles. The van der Waals surface area contributed by atoms with E-state index in [1.807, 2.05) is 4.90 Å². The summed E-state index contributed by atoms with van der Waals surface area (Å²) in [6, 6.07) is 0.688. The van der Waals surface area contributed by atoms with Crippen molar-refractivity contribution in [3.8, 4) is 0 Å². The molecule has 2 aliphatic rings. The summed E-state index contributed by atoms with van der Waals surface area (Å²) in [5, 5.41) is 12.2. The lowest BCUT2D eigenvalue weighted by atomic mass is 10.1. The summed E-state index contributed by atoms with van der Waals surface area (Å²) in [5.41, 5.74) is 0. The molecule has 0 aromatic rings. The smallest absolute Gasteiger partial charge is 0.240 e. The highest BCUT2D eigenvalue weighted by Gasteiger charge is 2.37. The Morgan fingerprint density at radius 2 is 2.20 bits per heavy atom. The van der Waals surface area contributed by atoms with Crippen LogP contribution in [0.3, 0.4) is 0 Å². The molecule has 0 radical (unpaired) electrons. The van der Waals surface area contributed by atoms with Crippen molar-refractivity contribution in [3.05, 3.63) is 0 Å². The van der Waals surface area contributed by atoms with Gasteiger partial charge in [0.05, 0.1) is 6.04 Å². The predicted octanol–water partition coefficient (Wildman–Crippen LogP) is 0.110. The maximum absolute atomic E-state index is 12.1. The number of amides is 1. The predicted molar refractivity (Wildman–Crippen MR) is 57.4 cm³/mol. The highest BCUT2D eigenvalue weighted by Crippen LogP contribution is 2.29. The Balaban J connectivity index is 2.04. The molecule has 1 aliphatic heterocycles. The van der Waals surface area contributed by atoms with Gasteiger partial charge in [0, 0.05) is 25.2 Å². The Morgan fingerprint density at radius 1 is 1.47 bits per heavy atom. The van der Waals surface area contributed by atoms with E-state index in [1.54, 1.807) is 0 Å². The maximum atomic E-state index is 12.1. The second kappa shape index (κ2) is 4.49. The molecule has 1 heterocycles. The lowest BCUT2D eigenvalue weighted by Gasteiger charge is -2.23. The van der Waals surface area contributed by atoms with Gasteiger partial charge in [0.2, 0.25) is 5.91 Å². The summed E-state index contributed by atoms with van der Waals surface area (Å²) in [6.45, 7) is 3.06. The number of rotatable bonds is 3. The molecule has 0 spiro atoms. The second-order valence-corrected chi connectivity index (χ2v) is 4.68. The van der Waals surface area contributed by atoms with E-state index in [0.29, 0.717) is 18.5 Å². The molecule has 2 unspecified atom stereocenters. The van der Waals surface area contributed by atoms with Crippen LogP contribution in [-0.2, 0) is 4.79 Å². The van der Waals surface area contributed by atoms with Crippen molar-refractivity contribution in [1.29, 1.82) is 0 Å². The molecular formula is C11H20N2O2. The van der Waals surface area contributed by atoms with Crippen LogP contribution in [0.2, 0.25) is 0 Å². The first kappa shape index (κ1) is 10.9. The Hall–Kier alpha value is -0.610. The van der Waals surface area contributed by atoms with Gasteiger partial charge in [0.15, 0.2) is 0 Å². The normalized spacial score (nSPS) is 32.9. The first-order valence-electron chi connectivity index (χ1n) is 5.89. The van der Waals surface area contributed by atoms with Gasteiger partial charge in [0.25, 0.3) is 0 Å². The van der Waals surface area contributed by atoms with Gasteiger partial charge in [-0.15, -0.1) is 0 Å². The van der Waals surface area contributed by atoms with E-state index in [4.69, 9.17) is 5.11 Å². The largest absolute Gasteiger partial charge is 0.396 e. The van der Waals surface area contributed by atoms with E-state index in [2.05, 4.69) is 12.2 Å². The monoisotopic (exact) mass is 212 g/mol. The molecule has 15 heavy (non-hydrogen) atoms. The Kier molecular flexibility index (Phi) is 3.26. The van der Waals surface area contributed by atoms with Crippen molar-refractivity contribution in [2.24, 2.45) is 0 Å². The van der Waals surface area contributed by atoms with Crippen LogP contribution in [0, 0.1) is 0 Å². The van der Waals surface area contributed by atoms with Crippen molar-refractivity contribution in [3.63, 3.8) is 0 Å². The number of aliphatic hydroxyl groups is 1. The summed E-state index contributed by atoms with van der Waals surface area (Å²) < 4.78 is 0. The fourth-order valence-corrected chi connectivity index (χ4v) is 2.23. The summed E-state index contributed by atoms with van der Waals surface area (Å²) in [7, 11) is 0. The van der Waals surface area contributed by atoms with Crippen LogP contribution >= 0.6 is 0 Å². The van der Waals surface area contributed by atoms with E-state index < -0.39 is 0 Å². The minimum Gasteiger partial charge on any atom is -0.396 e. The van der Waals surface area contributed by atoms with Crippen molar-refractivity contribution in [2.45, 2.75) is 50.7 Å². The molecule has 1 saturated carbocycles. The third-order valence-electron chi connectivity index (χ3n) is 3.28. The fourth-order valence-electron chi connectivity index (χ4n) is 2.23. The lowest BCUT2D eigenvalue weighted by Crippen LogP contribution is -2.46. The quantitative estimate of drug-likeness (QED) is 0.698. The number of hydrogen-bond acceptors (Lipinski definition) is 3. The average Bonchev–Trinajstić information content (AvgIpc) is 3.00. The van der Waals surface area contributed by atoms with Crippen LogP contribution in [0.25, 0.3) is 0 Å². The number of aliphatic hydroxyl groups excluding tert-OH is 1. The van der Waals surface area contributed by atoms with Crippen molar-refractivity contribution < 1.29 is 9.90 Å². The van der Waals surface area contributed by atoms with E-state index in [9.17, 15) is 4.79 Å². The molecule has 4 heteroatoms. The SMILES string of the molecule is CC1CCN(C2CC2)C(=O)C(CCO)N1. The van der Waals surface area contributed by atoms with Crippen LogP contribution in [0.4, 0.5) is 0 Å². The van der Waals surface area contributed by atoms with Gasteiger partial charge >= 0.3 is 0 Å². The van der Waals surface area contributed by atoms with Crippen LogP contribution < -0.4 is 5.32 Å². The van der Waals surface area contributed by atoms with Crippen molar-refractivity contribution in [2.75, 3.05) is 13.2 Å². The molecule has 86 valence electrons. The Morgan fingerprint density at radius 3 is 2.80 bits per heavy atom. The molecule has 1 saturated heterocycles. The van der Waals surface area contributed by atoms with Crippen LogP contribution in [0.5, 0.6) is 0 Å². The second-order valence-electron chi connectivity index (χ2n) is 4.68. The summed E-state index contributed by atoms with van der Waals surface area (Å²) in [6.07, 6.45) is 3.87. The van der Waals surface area contributed by atoms with Gasteiger partial charge in [-0.3, -0.25) is 4.79 Å². The molecule has 1 aliphatic carbocycles. The summed E-state index contributed by atoms with van der Waals surface area (Å²) in [5.74, 6) is 0.191. The number of nitrogens with one attached hydrogen (secondary N) is 1. The number of nitrogens with zero attached hydrogens (tertiary/aromatic N) is 1. The third kappa shape index (κ3) is 2.49. The van der Waals surface area contributed by atoms with Gasteiger partial charge in [-0.2, -0.15) is 0 Å². The zero-order valence-corrected chi connectivity index (χ0v) is 9.28. The van der Waals surface area contributed by atoms with Crippen molar-refractivity contribution >= 4 is 5.91 Å². The van der Waals surface area contributed by atoms with E-state index in [1.165, 1.54) is 0 Å². The highest BCUT2D eigenvalue weighted by atomic mass is 16.3. The third-order valence-corrected chi connectivity index (χ3v) is 3.28. The minimum atomic E-state index is -0.173. The molecule has 2 fully saturated rings. The molecule has 2 atom stereocenters. The standard InChI is InChI=1S/C11H20N2O2/c1-8-4-6-13(9-2-3-9)11(15)10(12-8)5-7-14/h8-10,12,14H,2-7H2,1H3. The van der Waals surface area contributed by atoms with Crippen LogP contribution in [0.1, 0.15) is 32.6 Å². The minimum absolute atomic E-state index is 0.0780. The zero-order chi connectivity index (χ0) is 10.8. The Bertz CT molecular complexity index is 241. The molecule has 1 amide bonds. The fraction of sp³-hybridized carbons (Fsp3) is 0.909. The van der Waals surface area contributed by atoms with E-state index in [0.717, 1.165) is 25.8 Å². The molecular weight excluding hydrogens is 192 g/mol. The summed E-state index contributed by atoms with van der Waals surface area (Å²) >= 11 is 0. The molecule has 0 bridgehead atoms. The molecule has 2 N–H and O–H groups in total. The zero-order valence-electron chi connectivity index (χ0n) is 9.28. The average molecular weight is 212 g/mol. The topological polar surface area (TPSA) is 52.6 Å². The van der Waals surface area contributed by atoms with Crippen LogP contribution in [0.15, 0.2) is 0 Å². The number of carbonyl (C=O) groups is 1. The van der Waals surface area contributed by atoms with E-state index >= 15 is 0 Å². The number of hydrogen-bond donors (Lipinski definition) is 2. The van der Waals surface area contributed by atoms with Crippen LogP contribution in [-0.4, -0.2) is 47.2 Å². The Labute approximate surface area is 90.6 Å². The maximum Gasteiger partial charge on any atom is 0.240 e. The molecule has 2 rings (SSSR count). The lowest BCUT2D eigenvalue weighted by molar-refractivity contribution is -0.133. The molecule has 0 aromatic heterocycles. The van der Waals surface area contributed by atoms with Crippen molar-refractivity contribution in [1.82, 2.24) is 10.2 Å². The van der Waals surface area contributed by atoms with E-state index in [-0.39, 0.29) is 18.6 Å². The van der Waals surface area contributed by atoms with Gasteiger partial charge in [-0.1, -0.05) is 0 Å². The van der Waals surface area contributed by atoms with Gasteiger partial charge < -0.3 is 15.3 Å². The highest BCUT2D eigenvalue weighted by molar-refractivity contribution is 5.82.